The van der Waals surface area contributed by atoms with Gasteiger partial charge in [-0.2, -0.15) is 0 Å². The van der Waals surface area contributed by atoms with Crippen LogP contribution in [0.3, 0.4) is 0 Å². The number of nitrogens with one attached hydrogen (secondary N) is 2. The van der Waals surface area contributed by atoms with Crippen molar-refractivity contribution in [1.29, 1.82) is 0 Å². The highest BCUT2D eigenvalue weighted by atomic mass is 32.2. The molecule has 2 aliphatic rings. The summed E-state index contributed by atoms with van der Waals surface area (Å²) >= 11 is 0. The fraction of sp³-hybridized carbons (Fsp3) is 0.875. The van der Waals surface area contributed by atoms with Gasteiger partial charge in [-0.3, -0.25) is 4.99 Å². The fourth-order valence-electron chi connectivity index (χ4n) is 3.11. The second-order valence-electron chi connectivity index (χ2n) is 7.62. The van der Waals surface area contributed by atoms with Gasteiger partial charge in [-0.15, -0.1) is 0 Å². The standard InChI is InChI=1S/C16H31N5O4S/c1-16(2,3)25-15(22)19-13-6-9-20(12-13)14(17-4)18-7-10-21-8-5-11-26(21,23)24/h13H,5-12H2,1-4H3,(H,17,18)(H,19,22). The van der Waals surface area contributed by atoms with E-state index in [1.54, 1.807) is 7.05 Å². The van der Waals surface area contributed by atoms with Crippen molar-refractivity contribution >= 4 is 22.1 Å². The number of alkyl carbamates (subject to hydrolysis) is 1. The molecule has 150 valence electrons. The van der Waals surface area contributed by atoms with Crippen molar-refractivity contribution < 1.29 is 17.9 Å². The third-order valence-corrected chi connectivity index (χ3v) is 6.22. The van der Waals surface area contributed by atoms with Crippen molar-refractivity contribution in [3.63, 3.8) is 0 Å². The van der Waals surface area contributed by atoms with E-state index in [4.69, 9.17) is 4.74 Å². The Hall–Kier alpha value is -1.55. The number of carbonyl (C=O) groups excluding carboxylic acids is 1. The third kappa shape index (κ3) is 6.01. The summed E-state index contributed by atoms with van der Waals surface area (Å²) in [5.41, 5.74) is -0.518. The lowest BCUT2D eigenvalue weighted by atomic mass is 10.2. The molecule has 10 heteroatoms. The van der Waals surface area contributed by atoms with Gasteiger partial charge in [0.15, 0.2) is 5.96 Å². The van der Waals surface area contributed by atoms with Crippen LogP contribution in [0, 0.1) is 0 Å². The minimum Gasteiger partial charge on any atom is -0.444 e. The first-order valence-electron chi connectivity index (χ1n) is 9.04. The second kappa shape index (κ2) is 8.43. The van der Waals surface area contributed by atoms with Gasteiger partial charge in [0.1, 0.15) is 5.60 Å². The first-order chi connectivity index (χ1) is 12.1. The molecule has 2 aliphatic heterocycles. The van der Waals surface area contributed by atoms with Crippen molar-refractivity contribution in [2.45, 2.75) is 45.3 Å². The quantitative estimate of drug-likeness (QED) is 0.526. The van der Waals surface area contributed by atoms with E-state index in [-0.39, 0.29) is 11.8 Å². The van der Waals surface area contributed by atoms with E-state index >= 15 is 0 Å². The molecule has 0 aromatic rings. The van der Waals surface area contributed by atoms with Gasteiger partial charge in [-0.05, 0) is 33.6 Å². The third-order valence-electron chi connectivity index (χ3n) is 4.27. The van der Waals surface area contributed by atoms with Crippen molar-refractivity contribution in [3.8, 4) is 0 Å². The zero-order valence-electron chi connectivity index (χ0n) is 16.1. The molecule has 2 fully saturated rings. The van der Waals surface area contributed by atoms with Crippen LogP contribution in [0.5, 0.6) is 0 Å². The van der Waals surface area contributed by atoms with Crippen LogP contribution in [0.1, 0.15) is 33.6 Å². The van der Waals surface area contributed by atoms with Gasteiger partial charge in [0, 0.05) is 39.8 Å². The van der Waals surface area contributed by atoms with Gasteiger partial charge >= 0.3 is 6.09 Å². The van der Waals surface area contributed by atoms with Crippen LogP contribution in [0.4, 0.5) is 4.79 Å². The SMILES string of the molecule is CN=C(NCCN1CCCS1(=O)=O)N1CCC(NC(=O)OC(C)(C)C)C1. The number of aliphatic imine (C=N–C) groups is 1. The Morgan fingerprint density at radius 2 is 2.04 bits per heavy atom. The summed E-state index contributed by atoms with van der Waals surface area (Å²) in [6.45, 7) is 8.44. The Kier molecular flexibility index (Phi) is 6.73. The van der Waals surface area contributed by atoms with Gasteiger partial charge in [0.2, 0.25) is 10.0 Å². The van der Waals surface area contributed by atoms with Crippen LogP contribution in [0.25, 0.3) is 0 Å². The highest BCUT2D eigenvalue weighted by molar-refractivity contribution is 7.89. The summed E-state index contributed by atoms with van der Waals surface area (Å²) in [6, 6.07) is 0.00219. The van der Waals surface area contributed by atoms with E-state index in [0.717, 1.165) is 18.9 Å². The summed E-state index contributed by atoms with van der Waals surface area (Å²) in [4.78, 5) is 18.2. The molecule has 0 spiro atoms. The van der Waals surface area contributed by atoms with E-state index < -0.39 is 21.7 Å². The van der Waals surface area contributed by atoms with Crippen LogP contribution < -0.4 is 10.6 Å². The molecule has 26 heavy (non-hydrogen) atoms. The van der Waals surface area contributed by atoms with Crippen molar-refractivity contribution in [1.82, 2.24) is 19.8 Å². The van der Waals surface area contributed by atoms with Crippen LogP contribution in [-0.4, -0.2) is 86.8 Å². The van der Waals surface area contributed by atoms with E-state index in [1.165, 1.54) is 4.31 Å². The van der Waals surface area contributed by atoms with Crippen molar-refractivity contribution in [2.75, 3.05) is 45.5 Å². The molecule has 0 aromatic carbocycles. The van der Waals surface area contributed by atoms with Crippen LogP contribution in [0.2, 0.25) is 0 Å². The molecule has 0 aliphatic carbocycles. The smallest absolute Gasteiger partial charge is 0.407 e. The van der Waals surface area contributed by atoms with Gasteiger partial charge in [-0.1, -0.05) is 0 Å². The number of rotatable bonds is 4. The minimum absolute atomic E-state index is 0.00219. The van der Waals surface area contributed by atoms with E-state index in [1.807, 2.05) is 20.8 Å². The van der Waals surface area contributed by atoms with E-state index in [9.17, 15) is 13.2 Å². The minimum atomic E-state index is -3.07. The Balaban J connectivity index is 1.76. The molecule has 2 saturated heterocycles. The molecule has 1 unspecified atom stereocenters. The van der Waals surface area contributed by atoms with Crippen LogP contribution in [-0.2, 0) is 14.8 Å². The molecular formula is C16H31N5O4S. The van der Waals surface area contributed by atoms with Crippen LogP contribution in [0.15, 0.2) is 4.99 Å². The number of sulfonamides is 1. The Bertz CT molecular complexity index is 629. The van der Waals surface area contributed by atoms with Gasteiger partial charge < -0.3 is 20.3 Å². The topological polar surface area (TPSA) is 103 Å². The Morgan fingerprint density at radius 3 is 2.62 bits per heavy atom. The average Bonchev–Trinajstić information content (AvgIpc) is 3.08. The van der Waals surface area contributed by atoms with Crippen molar-refractivity contribution in [3.05, 3.63) is 0 Å². The Labute approximate surface area is 156 Å². The summed E-state index contributed by atoms with van der Waals surface area (Å²) in [6.07, 6.45) is 1.09. The number of amides is 1. The summed E-state index contributed by atoms with van der Waals surface area (Å²) in [5.74, 6) is 0.960. The largest absolute Gasteiger partial charge is 0.444 e. The van der Waals surface area contributed by atoms with Gasteiger partial charge in [0.05, 0.1) is 11.8 Å². The molecule has 0 radical (unpaired) electrons. The van der Waals surface area contributed by atoms with Gasteiger partial charge in [-0.25, -0.2) is 17.5 Å². The summed E-state index contributed by atoms with van der Waals surface area (Å²) in [7, 11) is -1.37. The fourth-order valence-corrected chi connectivity index (χ4v) is 4.64. The lowest BCUT2D eigenvalue weighted by Crippen LogP contribution is -2.45. The predicted molar refractivity (Wildman–Crippen MR) is 101 cm³/mol. The Morgan fingerprint density at radius 1 is 1.31 bits per heavy atom. The lowest BCUT2D eigenvalue weighted by Gasteiger charge is -2.24. The molecule has 1 amide bonds. The first-order valence-corrected chi connectivity index (χ1v) is 10.6. The molecule has 0 aromatic heterocycles. The zero-order chi connectivity index (χ0) is 19.4. The molecule has 2 rings (SSSR count). The predicted octanol–water partition coefficient (Wildman–Crippen LogP) is 0.196. The first kappa shape index (κ1) is 20.8. The number of hydrogen-bond acceptors (Lipinski definition) is 5. The number of nitrogens with zero attached hydrogens (tertiary/aromatic N) is 3. The number of carbonyl (C=O) groups is 1. The maximum atomic E-state index is 11.9. The molecule has 2 heterocycles. The number of guanidine groups is 1. The normalized spacial score (nSPS) is 23.9. The maximum absolute atomic E-state index is 11.9. The molecule has 9 nitrogen and oxygen atoms in total. The van der Waals surface area contributed by atoms with Gasteiger partial charge in [0.25, 0.3) is 0 Å². The van der Waals surface area contributed by atoms with Crippen molar-refractivity contribution in [2.24, 2.45) is 4.99 Å². The average molecular weight is 390 g/mol. The monoisotopic (exact) mass is 389 g/mol. The number of ether oxygens (including phenoxy) is 1. The van der Waals surface area contributed by atoms with E-state index in [0.29, 0.717) is 32.6 Å². The van der Waals surface area contributed by atoms with E-state index in [2.05, 4.69) is 20.5 Å². The lowest BCUT2D eigenvalue weighted by molar-refractivity contribution is 0.0507. The molecule has 1 atom stereocenters. The second-order valence-corrected chi connectivity index (χ2v) is 9.71. The zero-order valence-corrected chi connectivity index (χ0v) is 16.9. The number of likely N-dealkylation sites (tertiary alicyclic amines) is 1. The molecule has 0 saturated carbocycles. The molecule has 0 bridgehead atoms. The molecular weight excluding hydrogens is 358 g/mol. The number of hydrogen-bond donors (Lipinski definition) is 2. The highest BCUT2D eigenvalue weighted by Gasteiger charge is 2.29. The summed E-state index contributed by atoms with van der Waals surface area (Å²) in [5, 5.41) is 6.10. The maximum Gasteiger partial charge on any atom is 0.407 e. The van der Waals surface area contributed by atoms with Crippen LogP contribution >= 0.6 is 0 Å². The highest BCUT2D eigenvalue weighted by Crippen LogP contribution is 2.13. The summed E-state index contributed by atoms with van der Waals surface area (Å²) < 4.78 is 30.4. The molecule has 2 N–H and O–H groups in total.